The Morgan fingerprint density at radius 3 is 2.43 bits per heavy atom. The number of hydrogen-bond donors (Lipinski definition) is 0. The van der Waals surface area contributed by atoms with Crippen molar-refractivity contribution in [3.05, 3.63) is 6.42 Å². The lowest BCUT2D eigenvalue weighted by Crippen LogP contribution is -2.19. The number of ether oxygens (including phenoxy) is 1. The first kappa shape index (κ1) is 11.1. The van der Waals surface area contributed by atoms with Crippen LogP contribution in [0.25, 0.3) is 0 Å². The van der Waals surface area contributed by atoms with Crippen molar-refractivity contribution in [1.82, 2.24) is 0 Å². The van der Waals surface area contributed by atoms with Gasteiger partial charge in [0.05, 0.1) is 6.61 Å². The van der Waals surface area contributed by atoms with Crippen molar-refractivity contribution in [2.75, 3.05) is 6.61 Å². The van der Waals surface area contributed by atoms with Gasteiger partial charge in [-0.2, -0.15) is 0 Å². The van der Waals surface area contributed by atoms with Crippen LogP contribution in [-0.2, 0) is 9.53 Å². The van der Waals surface area contributed by atoms with Crippen LogP contribution in [0.15, 0.2) is 0 Å². The van der Waals surface area contributed by atoms with Crippen LogP contribution >= 0.6 is 0 Å². The topological polar surface area (TPSA) is 26.3 Å². The summed E-state index contributed by atoms with van der Waals surface area (Å²) in [5, 5.41) is 0. The Balaban J connectivity index is 2.16. The highest BCUT2D eigenvalue weighted by Crippen LogP contribution is 2.30. The highest BCUT2D eigenvalue weighted by atomic mass is 16.5. The molecule has 1 radical (unpaired) electrons. The molecular weight excluding hydrogens is 176 g/mol. The molecule has 1 fully saturated rings. The third kappa shape index (κ3) is 3.83. The minimum absolute atomic E-state index is 0.181. The lowest BCUT2D eigenvalue weighted by molar-refractivity contribution is -0.142. The monoisotopic (exact) mass is 193 g/mol. The van der Waals surface area contributed by atoms with E-state index in [-0.39, 0.29) is 5.97 Å². The minimum Gasteiger partial charge on any atom is -0.466 e. The van der Waals surface area contributed by atoms with E-state index in [9.17, 15) is 4.79 Å². The molecule has 1 aliphatic carbocycles. The van der Waals surface area contributed by atoms with Crippen LogP contribution in [0.1, 0.15) is 39.0 Å². The summed E-state index contributed by atoms with van der Waals surface area (Å²) < 4.78 is 4.98. The predicted octanol–water partition coefficient (Wildman–Crippen LogP) is 2.34. The maximum Gasteiger partial charge on any atom is 0.302 e. The summed E-state index contributed by atoms with van der Waals surface area (Å²) in [4.78, 5) is 10.6. The van der Waals surface area contributed by atoms with Gasteiger partial charge in [-0.3, -0.25) is 4.79 Å². The van der Waals surface area contributed by atoms with Gasteiger partial charge in [-0.1, -0.05) is 5.92 Å². The molecule has 77 valence electrons. The number of carbonyl (C=O) groups excluding carboxylic acids is 1. The summed E-state index contributed by atoms with van der Waals surface area (Å²) >= 11 is 0. The Bertz CT molecular complexity index is 219. The number of carbonyl (C=O) groups is 1. The molecule has 0 spiro atoms. The molecule has 2 nitrogen and oxygen atoms in total. The van der Waals surface area contributed by atoms with Crippen LogP contribution in [0.2, 0.25) is 0 Å². The normalized spacial score (nSPS) is 26.6. The Morgan fingerprint density at radius 1 is 1.36 bits per heavy atom. The summed E-state index contributed by atoms with van der Waals surface area (Å²) in [5.74, 6) is 3.47. The van der Waals surface area contributed by atoms with E-state index >= 15 is 0 Å². The van der Waals surface area contributed by atoms with Crippen molar-refractivity contribution in [3.8, 4) is 5.92 Å². The van der Waals surface area contributed by atoms with E-state index in [1.54, 1.807) is 0 Å². The van der Waals surface area contributed by atoms with E-state index in [4.69, 9.17) is 11.2 Å². The second kappa shape index (κ2) is 5.70. The first-order valence-electron chi connectivity index (χ1n) is 5.25. The molecule has 0 saturated heterocycles. The average Bonchev–Trinajstić information content (AvgIpc) is 2.17. The Labute approximate surface area is 86.0 Å². The third-order valence-corrected chi connectivity index (χ3v) is 2.88. The zero-order valence-electron chi connectivity index (χ0n) is 8.71. The molecule has 1 saturated carbocycles. The summed E-state index contributed by atoms with van der Waals surface area (Å²) in [5.41, 5.74) is 0. The quantitative estimate of drug-likeness (QED) is 0.508. The fourth-order valence-corrected chi connectivity index (χ4v) is 1.98. The molecule has 0 heterocycles. The van der Waals surface area contributed by atoms with Crippen LogP contribution in [0.4, 0.5) is 0 Å². The Morgan fingerprint density at radius 2 is 1.93 bits per heavy atom. The second-order valence-electron chi connectivity index (χ2n) is 4.07. The van der Waals surface area contributed by atoms with Crippen LogP contribution in [0.3, 0.4) is 0 Å². The van der Waals surface area contributed by atoms with Crippen molar-refractivity contribution in [2.24, 2.45) is 11.8 Å². The van der Waals surface area contributed by atoms with Gasteiger partial charge in [0.25, 0.3) is 0 Å². The summed E-state index contributed by atoms with van der Waals surface area (Å²) in [6, 6.07) is 0. The third-order valence-electron chi connectivity index (χ3n) is 2.88. The van der Waals surface area contributed by atoms with Crippen LogP contribution in [0, 0.1) is 24.2 Å². The average molecular weight is 193 g/mol. The van der Waals surface area contributed by atoms with Crippen LogP contribution < -0.4 is 0 Å². The van der Waals surface area contributed by atoms with E-state index in [1.165, 1.54) is 6.92 Å². The zero-order valence-corrected chi connectivity index (χ0v) is 8.71. The van der Waals surface area contributed by atoms with E-state index in [0.717, 1.165) is 32.1 Å². The fraction of sp³-hybridized carbons (Fsp3) is 0.750. The largest absolute Gasteiger partial charge is 0.466 e. The first-order chi connectivity index (χ1) is 6.72. The Hall–Kier alpha value is -0.970. The second-order valence-corrected chi connectivity index (χ2v) is 4.07. The summed E-state index contributed by atoms with van der Waals surface area (Å²) in [7, 11) is 0. The van der Waals surface area contributed by atoms with Gasteiger partial charge in [-0.05, 0) is 43.9 Å². The maximum atomic E-state index is 10.6. The molecule has 0 bridgehead atoms. The van der Waals surface area contributed by atoms with E-state index < -0.39 is 0 Å². The van der Waals surface area contributed by atoms with Gasteiger partial charge in [0.15, 0.2) is 0 Å². The van der Waals surface area contributed by atoms with Gasteiger partial charge in [-0.25, -0.2) is 0 Å². The molecule has 0 aromatic rings. The number of rotatable bonds is 3. The lowest BCUT2D eigenvalue weighted by Gasteiger charge is -2.26. The molecule has 2 heteroatoms. The molecule has 0 aliphatic heterocycles. The molecule has 0 aromatic carbocycles. The van der Waals surface area contributed by atoms with Crippen molar-refractivity contribution in [1.29, 1.82) is 0 Å². The van der Waals surface area contributed by atoms with Crippen molar-refractivity contribution in [2.45, 2.75) is 39.0 Å². The summed E-state index contributed by atoms with van der Waals surface area (Å²) in [6.07, 6.45) is 12.2. The van der Waals surface area contributed by atoms with Gasteiger partial charge in [0.1, 0.15) is 0 Å². The smallest absolute Gasteiger partial charge is 0.302 e. The lowest BCUT2D eigenvalue weighted by atomic mass is 9.81. The molecule has 0 amide bonds. The van der Waals surface area contributed by atoms with E-state index in [1.807, 2.05) is 0 Å². The van der Waals surface area contributed by atoms with Gasteiger partial charge in [0.2, 0.25) is 0 Å². The molecule has 1 rings (SSSR count). The number of esters is 1. The van der Waals surface area contributed by atoms with Crippen molar-refractivity contribution in [3.63, 3.8) is 0 Å². The molecule has 1 aliphatic rings. The van der Waals surface area contributed by atoms with Crippen LogP contribution in [0.5, 0.6) is 0 Å². The van der Waals surface area contributed by atoms with Gasteiger partial charge in [0, 0.05) is 13.3 Å². The van der Waals surface area contributed by atoms with Gasteiger partial charge >= 0.3 is 5.97 Å². The highest BCUT2D eigenvalue weighted by Gasteiger charge is 2.21. The molecule has 0 aromatic heterocycles. The maximum absolute atomic E-state index is 10.6. The Kier molecular flexibility index (Phi) is 4.52. The molecule has 0 unspecified atom stereocenters. The van der Waals surface area contributed by atoms with Gasteiger partial charge in [-0.15, -0.1) is 0 Å². The summed E-state index contributed by atoms with van der Waals surface area (Å²) in [6.45, 7) is 2.03. The van der Waals surface area contributed by atoms with E-state index in [2.05, 4.69) is 5.92 Å². The van der Waals surface area contributed by atoms with Crippen molar-refractivity contribution >= 4 is 5.97 Å². The van der Waals surface area contributed by atoms with Crippen molar-refractivity contribution < 1.29 is 9.53 Å². The predicted molar refractivity (Wildman–Crippen MR) is 53.8 cm³/mol. The molecule has 0 N–H and O–H groups in total. The minimum atomic E-state index is -0.181. The first-order valence-corrected chi connectivity index (χ1v) is 5.25. The number of hydrogen-bond acceptors (Lipinski definition) is 2. The van der Waals surface area contributed by atoms with Crippen LogP contribution in [-0.4, -0.2) is 12.6 Å². The molecule has 0 atom stereocenters. The molecular formula is C12H17O2. The van der Waals surface area contributed by atoms with Gasteiger partial charge < -0.3 is 4.74 Å². The SMILES string of the molecule is [C]#CCC1CCC(COC(C)=O)CC1. The van der Waals surface area contributed by atoms with E-state index in [0.29, 0.717) is 18.4 Å². The standard InChI is InChI=1S/C12H17O2/c1-3-4-11-5-7-12(8-6-11)9-14-10(2)13/h11-12H,4-9H2,2H3. The molecule has 14 heavy (non-hydrogen) atoms. The fourth-order valence-electron chi connectivity index (χ4n) is 1.98. The highest BCUT2D eigenvalue weighted by molar-refractivity contribution is 5.65. The zero-order chi connectivity index (χ0) is 10.4.